The van der Waals surface area contributed by atoms with E-state index in [-0.39, 0.29) is 11.4 Å². The van der Waals surface area contributed by atoms with Crippen molar-refractivity contribution in [2.24, 2.45) is 0 Å². The molecule has 0 spiro atoms. The Kier molecular flexibility index (Phi) is 2.89. The van der Waals surface area contributed by atoms with E-state index < -0.39 is 13.1 Å². The van der Waals surface area contributed by atoms with Crippen LogP contribution < -0.4 is 5.09 Å². The van der Waals surface area contributed by atoms with Gasteiger partial charge in [0.25, 0.3) is 5.69 Å². The molecule has 69 valence electrons. The van der Waals surface area contributed by atoms with Gasteiger partial charge in [-0.3, -0.25) is 15.2 Å². The predicted molar refractivity (Wildman–Crippen MR) is 46.5 cm³/mol. The minimum atomic E-state index is -2.62. The van der Waals surface area contributed by atoms with Crippen molar-refractivity contribution >= 4 is 19.6 Å². The fourth-order valence-electron chi connectivity index (χ4n) is 0.830. The number of nitro groups is 1. The van der Waals surface area contributed by atoms with Gasteiger partial charge in [0.1, 0.15) is 5.69 Å². The lowest BCUT2D eigenvalue weighted by atomic mass is 10.3. The van der Waals surface area contributed by atoms with Gasteiger partial charge in [-0.15, -0.1) is 0 Å². The van der Waals surface area contributed by atoms with Crippen LogP contribution >= 0.6 is 8.18 Å². The molecule has 7 heteroatoms. The predicted octanol–water partition coefficient (Wildman–Crippen LogP) is 1.66. The highest BCUT2D eigenvalue weighted by Crippen LogP contribution is 2.28. The molecule has 1 aromatic carbocycles. The zero-order valence-electron chi connectivity index (χ0n) is 6.38. The third-order valence-electron chi connectivity index (χ3n) is 1.32. The van der Waals surface area contributed by atoms with Crippen molar-refractivity contribution in [1.82, 2.24) is 0 Å². The van der Waals surface area contributed by atoms with Crippen molar-refractivity contribution < 1.29 is 14.4 Å². The first kappa shape index (κ1) is 9.57. The number of nitrogens with one attached hydrogen (secondary N) is 1. The van der Waals surface area contributed by atoms with Gasteiger partial charge in [0, 0.05) is 6.07 Å². The van der Waals surface area contributed by atoms with Crippen molar-refractivity contribution in [3.63, 3.8) is 0 Å². The molecule has 1 radical (unpaired) electrons. The van der Waals surface area contributed by atoms with Crippen LogP contribution in [0.15, 0.2) is 24.3 Å². The Hall–Kier alpha value is -1.52. The van der Waals surface area contributed by atoms with Crippen LogP contribution in [0.5, 0.6) is 0 Å². The van der Waals surface area contributed by atoms with Crippen molar-refractivity contribution in [2.75, 3.05) is 5.09 Å². The maximum Gasteiger partial charge on any atom is 0.321 e. The third kappa shape index (κ3) is 2.47. The molecule has 0 aliphatic carbocycles. The number of rotatable bonds is 3. The van der Waals surface area contributed by atoms with Crippen molar-refractivity contribution in [1.29, 1.82) is 0 Å². The number of anilines is 1. The molecule has 1 rings (SSSR count). The van der Waals surface area contributed by atoms with Crippen LogP contribution in [0.3, 0.4) is 0 Å². The monoisotopic (exact) mass is 201 g/mol. The van der Waals surface area contributed by atoms with Gasteiger partial charge in [0.05, 0.1) is 4.92 Å². The van der Waals surface area contributed by atoms with E-state index in [0.29, 0.717) is 0 Å². The lowest BCUT2D eigenvalue weighted by molar-refractivity contribution is -0.383. The molecule has 0 aliphatic heterocycles. The lowest BCUT2D eigenvalue weighted by Gasteiger charge is -2.00. The number of para-hydroxylation sites is 2. The van der Waals surface area contributed by atoms with Crippen LogP contribution in [-0.4, -0.2) is 9.82 Å². The largest absolute Gasteiger partial charge is 0.321 e. The fourth-order valence-corrected chi connectivity index (χ4v) is 1.23. The Morgan fingerprint density at radius 3 is 2.62 bits per heavy atom. The molecule has 2 N–H and O–H groups in total. The molecule has 0 fully saturated rings. The molecule has 0 saturated carbocycles. The van der Waals surface area contributed by atoms with Gasteiger partial charge in [0.15, 0.2) is 0 Å². The summed E-state index contributed by atoms with van der Waals surface area (Å²) in [6.45, 7) is 0. The number of nitro benzene ring substituents is 1. The van der Waals surface area contributed by atoms with Crippen LogP contribution in [0.2, 0.25) is 0 Å². The summed E-state index contributed by atoms with van der Waals surface area (Å²) in [4.78, 5) is 18.3. The molecule has 13 heavy (non-hydrogen) atoms. The summed E-state index contributed by atoms with van der Waals surface area (Å²) < 4.78 is 10.4. The highest BCUT2D eigenvalue weighted by atomic mass is 31.1. The Bertz CT molecular complexity index is 354. The Morgan fingerprint density at radius 2 is 2.08 bits per heavy atom. The summed E-state index contributed by atoms with van der Waals surface area (Å²) in [6.07, 6.45) is 0. The molecule has 0 amide bonds. The maximum atomic E-state index is 10.4. The van der Waals surface area contributed by atoms with E-state index in [0.717, 1.165) is 0 Å². The van der Waals surface area contributed by atoms with E-state index in [4.69, 9.17) is 4.89 Å². The van der Waals surface area contributed by atoms with Gasteiger partial charge in [0.2, 0.25) is 0 Å². The average molecular weight is 201 g/mol. The fraction of sp³-hybridized carbons (Fsp3) is 0. The molecule has 0 aromatic heterocycles. The number of nitrogens with zero attached hydrogens (tertiary/aromatic N) is 1. The summed E-state index contributed by atoms with van der Waals surface area (Å²) in [7, 11) is -2.62. The van der Waals surface area contributed by atoms with E-state index in [1.807, 2.05) is 0 Å². The van der Waals surface area contributed by atoms with Gasteiger partial charge < -0.3 is 4.89 Å². The first-order valence-corrected chi connectivity index (χ1v) is 4.48. The molecule has 0 aliphatic rings. The molecule has 0 bridgehead atoms. The highest BCUT2D eigenvalue weighted by molar-refractivity contribution is 7.39. The quantitative estimate of drug-likeness (QED) is 0.440. The van der Waals surface area contributed by atoms with Gasteiger partial charge in [-0.1, -0.05) is 12.1 Å². The second-order valence-corrected chi connectivity index (χ2v) is 2.93. The molecule has 1 atom stereocenters. The molecule has 6 nitrogen and oxygen atoms in total. The molecule has 1 aromatic rings. The average Bonchev–Trinajstić information content (AvgIpc) is 2.03. The Morgan fingerprint density at radius 1 is 1.46 bits per heavy atom. The van der Waals surface area contributed by atoms with Crippen LogP contribution in [0.1, 0.15) is 0 Å². The molecular formula is C6H6N2O4P. The van der Waals surface area contributed by atoms with Gasteiger partial charge in [-0.25, -0.2) is 4.57 Å². The highest BCUT2D eigenvalue weighted by Gasteiger charge is 2.12. The summed E-state index contributed by atoms with van der Waals surface area (Å²) in [5.41, 5.74) is -0.184. The standard InChI is InChI=1S/C6H6N2O4P/c9-8(10)6-4-2-1-3-5(6)7-13(11)12/h1-4H,(H2,7,11,12). The first-order valence-electron chi connectivity index (χ1n) is 3.27. The SMILES string of the molecule is O=[N+]([O-])c1ccccc1N[P](=O)O. The Labute approximate surface area is 74.3 Å². The number of hydrogen-bond acceptors (Lipinski definition) is 3. The summed E-state index contributed by atoms with van der Waals surface area (Å²) in [5.74, 6) is 0. The molecule has 0 saturated heterocycles. The normalized spacial score (nSPS) is 10.7. The maximum absolute atomic E-state index is 10.4. The summed E-state index contributed by atoms with van der Waals surface area (Å²) >= 11 is 0. The molecule has 0 heterocycles. The zero-order valence-corrected chi connectivity index (χ0v) is 7.27. The second-order valence-electron chi connectivity index (χ2n) is 2.16. The van der Waals surface area contributed by atoms with E-state index in [2.05, 4.69) is 5.09 Å². The van der Waals surface area contributed by atoms with Gasteiger partial charge in [-0.05, 0) is 6.07 Å². The summed E-state index contributed by atoms with van der Waals surface area (Å²) in [5, 5.41) is 12.5. The second kappa shape index (κ2) is 3.93. The minimum absolute atomic E-state index is 0.0381. The first-order chi connectivity index (χ1) is 6.11. The van der Waals surface area contributed by atoms with Crippen molar-refractivity contribution in [3.8, 4) is 0 Å². The minimum Gasteiger partial charge on any atom is -0.304 e. The van der Waals surface area contributed by atoms with Crippen LogP contribution in [0.25, 0.3) is 0 Å². The molecule has 1 unspecified atom stereocenters. The topological polar surface area (TPSA) is 92.5 Å². The van der Waals surface area contributed by atoms with E-state index in [1.165, 1.54) is 24.3 Å². The van der Waals surface area contributed by atoms with Gasteiger partial charge >= 0.3 is 8.18 Å². The van der Waals surface area contributed by atoms with E-state index >= 15 is 0 Å². The van der Waals surface area contributed by atoms with Crippen molar-refractivity contribution in [3.05, 3.63) is 34.4 Å². The van der Waals surface area contributed by atoms with Crippen molar-refractivity contribution in [2.45, 2.75) is 0 Å². The Balaban J connectivity index is 3.04. The van der Waals surface area contributed by atoms with E-state index in [1.54, 1.807) is 0 Å². The summed E-state index contributed by atoms with van der Waals surface area (Å²) in [6, 6.07) is 5.63. The molecular weight excluding hydrogens is 195 g/mol. The zero-order chi connectivity index (χ0) is 9.84. The lowest BCUT2D eigenvalue weighted by Crippen LogP contribution is -1.94. The number of benzene rings is 1. The smallest absolute Gasteiger partial charge is 0.304 e. The van der Waals surface area contributed by atoms with Crippen LogP contribution in [0.4, 0.5) is 11.4 Å². The van der Waals surface area contributed by atoms with Crippen LogP contribution in [0, 0.1) is 10.1 Å². The van der Waals surface area contributed by atoms with Gasteiger partial charge in [-0.2, -0.15) is 0 Å². The third-order valence-corrected chi connectivity index (χ3v) is 1.75. The van der Waals surface area contributed by atoms with Crippen LogP contribution in [-0.2, 0) is 4.57 Å². The van der Waals surface area contributed by atoms with E-state index in [9.17, 15) is 14.7 Å². The number of hydrogen-bond donors (Lipinski definition) is 2.